The minimum atomic E-state index is -4.11. The maximum Gasteiger partial charge on any atom is 0.351 e. The van der Waals surface area contributed by atoms with Gasteiger partial charge in [0.05, 0.1) is 6.26 Å². The summed E-state index contributed by atoms with van der Waals surface area (Å²) in [7, 11) is -4.11. The summed E-state index contributed by atoms with van der Waals surface area (Å²) in [6, 6.07) is 0. The summed E-state index contributed by atoms with van der Waals surface area (Å²) in [6.07, 6.45) is -2.04. The number of esters is 2. The molecule has 2 rings (SSSR count). The minimum Gasteiger partial charge on any atom is -0.478 e. The molecule has 0 radical (unpaired) electrons. The quantitative estimate of drug-likeness (QED) is 0.254. The topological polar surface area (TPSA) is 203 Å². The van der Waals surface area contributed by atoms with E-state index in [1.807, 2.05) is 0 Å². The molecule has 4 atom stereocenters. The van der Waals surface area contributed by atoms with Crippen molar-refractivity contribution < 1.29 is 46.3 Å². The molecule has 15 heteroatoms. The number of nitrogen functional groups attached to an aromatic ring is 1. The monoisotopic (exact) mass is 475 g/mol. The number of hydrogen-bond acceptors (Lipinski definition) is 12. The molecule has 0 spiro atoms. The number of ether oxygens (including phenoxy) is 3. The van der Waals surface area contributed by atoms with Crippen molar-refractivity contribution in [3.63, 3.8) is 0 Å². The van der Waals surface area contributed by atoms with Crippen molar-refractivity contribution in [3.8, 4) is 0 Å². The summed E-state index contributed by atoms with van der Waals surface area (Å²) in [5.74, 6) is -3.13. The Kier molecular flexibility index (Phi) is 7.71. The molecule has 1 aromatic rings. The van der Waals surface area contributed by atoms with Gasteiger partial charge in [0.25, 0.3) is 10.1 Å². The van der Waals surface area contributed by atoms with E-state index < -0.39 is 64.9 Å². The Hall–Kier alpha value is -3.30. The third-order valence-corrected chi connectivity index (χ3v) is 4.59. The van der Waals surface area contributed by atoms with Crippen LogP contribution in [0.1, 0.15) is 25.6 Å². The van der Waals surface area contributed by atoms with E-state index in [9.17, 15) is 27.6 Å². The predicted octanol–water partition coefficient (Wildman–Crippen LogP) is -1.34. The first-order valence-corrected chi connectivity index (χ1v) is 10.7. The van der Waals surface area contributed by atoms with Crippen molar-refractivity contribution in [3.05, 3.63) is 28.3 Å². The average molecular weight is 475 g/mol. The Bertz CT molecular complexity index is 1100. The van der Waals surface area contributed by atoms with E-state index in [1.54, 1.807) is 0 Å². The van der Waals surface area contributed by atoms with Gasteiger partial charge in [0.15, 0.2) is 12.3 Å². The molecule has 2 heterocycles. The minimum absolute atomic E-state index is 0.0150. The summed E-state index contributed by atoms with van der Waals surface area (Å²) in [6.45, 7) is 1.67. The highest BCUT2D eigenvalue weighted by Gasteiger charge is 2.51. The molecular formula is C17H21N3O11S. The number of hydrogen-bond donors (Lipinski definition) is 2. The lowest BCUT2D eigenvalue weighted by Crippen LogP contribution is -2.42. The molecule has 0 amide bonds. The van der Waals surface area contributed by atoms with Gasteiger partial charge in [-0.25, -0.2) is 9.59 Å². The molecule has 1 fully saturated rings. The number of carboxylic acid groups (broad SMARTS) is 1. The normalized spacial score (nSPS) is 23.2. The van der Waals surface area contributed by atoms with E-state index >= 15 is 0 Å². The van der Waals surface area contributed by atoms with E-state index in [2.05, 4.69) is 4.98 Å². The van der Waals surface area contributed by atoms with Gasteiger partial charge in [0.2, 0.25) is 0 Å². The molecular weight excluding hydrogens is 454 g/mol. The number of rotatable bonds is 8. The van der Waals surface area contributed by atoms with Gasteiger partial charge in [-0.2, -0.15) is 13.4 Å². The Morgan fingerprint density at radius 1 is 1.28 bits per heavy atom. The highest BCUT2D eigenvalue weighted by Crippen LogP contribution is 2.34. The second-order valence-corrected chi connectivity index (χ2v) is 8.25. The number of aromatic nitrogens is 2. The molecule has 3 N–H and O–H groups in total. The maximum atomic E-state index is 12.5. The summed E-state index contributed by atoms with van der Waals surface area (Å²) in [5, 5.41) is 8.81. The number of carboxylic acids is 1. The van der Waals surface area contributed by atoms with Crippen LogP contribution in [0.2, 0.25) is 0 Å². The van der Waals surface area contributed by atoms with E-state index in [0.717, 1.165) is 43.0 Å². The Morgan fingerprint density at radius 3 is 2.47 bits per heavy atom. The standard InChI is InChI=1S/C17H21N3O11S/c1-8(21)28-7-11-13(31-32(3,26)27)14(29-9(2)22)16(30-11)20-6-10(4-5-12(23)24)15(18)19-17(20)25/h4-6,11,13-14,16H,7H2,1-3H3,(H,23,24)(H2,18,19,25)/b5-4+/t11-,13+,14-,16-/m1/s1. The van der Waals surface area contributed by atoms with Gasteiger partial charge in [-0.15, -0.1) is 0 Å². The van der Waals surface area contributed by atoms with E-state index in [-0.39, 0.29) is 11.4 Å². The van der Waals surface area contributed by atoms with Crippen molar-refractivity contribution in [2.45, 2.75) is 38.4 Å². The van der Waals surface area contributed by atoms with Gasteiger partial charge < -0.3 is 25.1 Å². The highest BCUT2D eigenvalue weighted by atomic mass is 32.2. The van der Waals surface area contributed by atoms with Crippen molar-refractivity contribution in [2.75, 3.05) is 18.6 Å². The molecule has 14 nitrogen and oxygen atoms in total. The maximum absolute atomic E-state index is 12.5. The molecule has 0 aliphatic carbocycles. The summed E-state index contributed by atoms with van der Waals surface area (Å²) >= 11 is 0. The number of nitrogens with two attached hydrogens (primary N) is 1. The first kappa shape index (κ1) is 25.0. The lowest BCUT2D eigenvalue weighted by atomic mass is 10.1. The summed E-state index contributed by atoms with van der Waals surface area (Å²) < 4.78 is 45.1. The molecule has 1 saturated heterocycles. The predicted molar refractivity (Wildman–Crippen MR) is 105 cm³/mol. The Morgan fingerprint density at radius 2 is 1.94 bits per heavy atom. The van der Waals surface area contributed by atoms with Crippen LogP contribution in [0.5, 0.6) is 0 Å². The van der Waals surface area contributed by atoms with Crippen LogP contribution >= 0.6 is 0 Å². The van der Waals surface area contributed by atoms with Crippen molar-refractivity contribution in [2.24, 2.45) is 0 Å². The number of nitrogens with zero attached hydrogens (tertiary/aromatic N) is 2. The fourth-order valence-electron chi connectivity index (χ4n) is 2.87. The van der Waals surface area contributed by atoms with Crippen molar-refractivity contribution in [1.29, 1.82) is 0 Å². The molecule has 32 heavy (non-hydrogen) atoms. The van der Waals surface area contributed by atoms with Gasteiger partial charge in [-0.05, 0) is 6.08 Å². The van der Waals surface area contributed by atoms with Crippen LogP contribution < -0.4 is 11.4 Å². The van der Waals surface area contributed by atoms with Crippen LogP contribution in [-0.2, 0) is 42.9 Å². The van der Waals surface area contributed by atoms with E-state index in [1.165, 1.54) is 0 Å². The first-order chi connectivity index (χ1) is 14.8. The fraction of sp³-hybridized carbons (Fsp3) is 0.471. The van der Waals surface area contributed by atoms with Crippen LogP contribution in [0.3, 0.4) is 0 Å². The van der Waals surface area contributed by atoms with Crippen LogP contribution in [-0.4, -0.2) is 72.2 Å². The number of carbonyl (C=O) groups excluding carboxylic acids is 2. The number of anilines is 1. The zero-order valence-corrected chi connectivity index (χ0v) is 18.0. The second-order valence-electron chi connectivity index (χ2n) is 6.65. The van der Waals surface area contributed by atoms with Crippen molar-refractivity contribution >= 4 is 39.9 Å². The van der Waals surface area contributed by atoms with E-state index in [0.29, 0.717) is 0 Å². The Balaban J connectivity index is 2.57. The third-order valence-electron chi connectivity index (χ3n) is 4.01. The van der Waals surface area contributed by atoms with Crippen molar-refractivity contribution in [1.82, 2.24) is 9.55 Å². The smallest absolute Gasteiger partial charge is 0.351 e. The molecule has 0 unspecified atom stereocenters. The molecule has 1 aliphatic rings. The lowest BCUT2D eigenvalue weighted by molar-refractivity contribution is -0.155. The highest BCUT2D eigenvalue weighted by molar-refractivity contribution is 7.86. The van der Waals surface area contributed by atoms with Gasteiger partial charge >= 0.3 is 23.6 Å². The zero-order chi connectivity index (χ0) is 24.2. The van der Waals surface area contributed by atoms with E-state index in [4.69, 9.17) is 29.2 Å². The fourth-order valence-corrected chi connectivity index (χ4v) is 3.51. The molecule has 0 bridgehead atoms. The third kappa shape index (κ3) is 6.60. The molecule has 0 saturated carbocycles. The van der Waals surface area contributed by atoms with Gasteiger partial charge in [-0.3, -0.25) is 18.3 Å². The molecule has 1 aliphatic heterocycles. The van der Waals surface area contributed by atoms with Gasteiger partial charge in [0, 0.05) is 31.7 Å². The zero-order valence-electron chi connectivity index (χ0n) is 17.2. The lowest BCUT2D eigenvalue weighted by Gasteiger charge is -2.23. The van der Waals surface area contributed by atoms with Crippen LogP contribution in [0.25, 0.3) is 6.08 Å². The number of carbonyl (C=O) groups is 3. The molecule has 176 valence electrons. The van der Waals surface area contributed by atoms with Gasteiger partial charge in [0.1, 0.15) is 24.6 Å². The largest absolute Gasteiger partial charge is 0.478 e. The summed E-state index contributed by atoms with van der Waals surface area (Å²) in [4.78, 5) is 49.7. The van der Waals surface area contributed by atoms with Crippen LogP contribution in [0.15, 0.2) is 17.1 Å². The number of aliphatic carboxylic acids is 1. The van der Waals surface area contributed by atoms with Crippen LogP contribution in [0, 0.1) is 0 Å². The molecule has 1 aromatic heterocycles. The molecule has 0 aromatic carbocycles. The Labute approximate surface area is 181 Å². The average Bonchev–Trinajstić information content (AvgIpc) is 2.94. The first-order valence-electron chi connectivity index (χ1n) is 8.92. The van der Waals surface area contributed by atoms with Crippen LogP contribution in [0.4, 0.5) is 5.82 Å². The SMILES string of the molecule is CC(=O)OC[C@H]1O[C@@H](n2cc(/C=C/C(=O)O)c(N)nc2=O)[C@H](OC(C)=O)[C@H]1OS(C)(=O)=O. The second kappa shape index (κ2) is 9.88. The van der Waals surface area contributed by atoms with Gasteiger partial charge in [-0.1, -0.05) is 0 Å². The summed E-state index contributed by atoms with van der Waals surface area (Å²) in [5.41, 5.74) is 4.70.